The van der Waals surface area contributed by atoms with E-state index in [9.17, 15) is 9.59 Å². The van der Waals surface area contributed by atoms with E-state index < -0.39 is 0 Å². The standard InChI is InChI=1S/C16H24N2O2/c1-3-18(4-2)16(20)13-15(19)17-12-8-11-14-9-6-5-7-10-14/h5-7,9-10H,3-4,8,11-13H2,1-2H3,(H,17,19). The molecular formula is C16H24N2O2. The van der Waals surface area contributed by atoms with Crippen LogP contribution in [0.5, 0.6) is 0 Å². The van der Waals surface area contributed by atoms with Crippen LogP contribution in [0, 0.1) is 0 Å². The molecule has 2 amide bonds. The Morgan fingerprint density at radius 2 is 1.75 bits per heavy atom. The van der Waals surface area contributed by atoms with Gasteiger partial charge in [-0.25, -0.2) is 0 Å². The topological polar surface area (TPSA) is 49.4 Å². The number of benzene rings is 1. The highest BCUT2D eigenvalue weighted by molar-refractivity contribution is 5.96. The van der Waals surface area contributed by atoms with Crippen LogP contribution in [0.25, 0.3) is 0 Å². The quantitative estimate of drug-likeness (QED) is 0.583. The molecule has 4 nitrogen and oxygen atoms in total. The van der Waals surface area contributed by atoms with E-state index in [1.54, 1.807) is 4.90 Å². The average Bonchev–Trinajstić information content (AvgIpc) is 2.46. The average molecular weight is 276 g/mol. The van der Waals surface area contributed by atoms with Crippen molar-refractivity contribution >= 4 is 11.8 Å². The predicted octanol–water partition coefficient (Wildman–Crippen LogP) is 1.99. The van der Waals surface area contributed by atoms with E-state index in [0.29, 0.717) is 19.6 Å². The van der Waals surface area contributed by atoms with Crippen molar-refractivity contribution < 1.29 is 9.59 Å². The lowest BCUT2D eigenvalue weighted by molar-refractivity contribution is -0.135. The molecule has 0 radical (unpaired) electrons. The number of aryl methyl sites for hydroxylation is 1. The van der Waals surface area contributed by atoms with Crippen LogP contribution in [0.2, 0.25) is 0 Å². The van der Waals surface area contributed by atoms with E-state index in [4.69, 9.17) is 0 Å². The molecule has 4 heteroatoms. The van der Waals surface area contributed by atoms with Crippen molar-refractivity contribution in [3.05, 3.63) is 35.9 Å². The molecule has 0 atom stereocenters. The van der Waals surface area contributed by atoms with Gasteiger partial charge in [-0.15, -0.1) is 0 Å². The van der Waals surface area contributed by atoms with Gasteiger partial charge >= 0.3 is 0 Å². The van der Waals surface area contributed by atoms with Crippen molar-refractivity contribution in [2.75, 3.05) is 19.6 Å². The van der Waals surface area contributed by atoms with Crippen LogP contribution in [0.15, 0.2) is 30.3 Å². The SMILES string of the molecule is CCN(CC)C(=O)CC(=O)NCCCc1ccccc1. The van der Waals surface area contributed by atoms with Crippen LogP contribution in [-0.2, 0) is 16.0 Å². The first-order chi connectivity index (χ1) is 9.67. The summed E-state index contributed by atoms with van der Waals surface area (Å²) in [5, 5.41) is 2.80. The lowest BCUT2D eigenvalue weighted by Gasteiger charge is -2.18. The lowest BCUT2D eigenvalue weighted by Crippen LogP contribution is -2.35. The monoisotopic (exact) mass is 276 g/mol. The van der Waals surface area contributed by atoms with Crippen LogP contribution in [0.1, 0.15) is 32.3 Å². The van der Waals surface area contributed by atoms with Crippen LogP contribution in [0.3, 0.4) is 0 Å². The highest BCUT2D eigenvalue weighted by Gasteiger charge is 2.13. The van der Waals surface area contributed by atoms with E-state index in [0.717, 1.165) is 12.8 Å². The van der Waals surface area contributed by atoms with Gasteiger partial charge in [-0.3, -0.25) is 9.59 Å². The Balaban J connectivity index is 2.19. The first kappa shape index (κ1) is 16.2. The van der Waals surface area contributed by atoms with E-state index in [1.807, 2.05) is 32.0 Å². The van der Waals surface area contributed by atoms with Gasteiger partial charge in [0.05, 0.1) is 0 Å². The summed E-state index contributed by atoms with van der Waals surface area (Å²) >= 11 is 0. The van der Waals surface area contributed by atoms with Crippen LogP contribution in [-0.4, -0.2) is 36.3 Å². The third kappa shape index (κ3) is 5.87. The number of nitrogens with zero attached hydrogens (tertiary/aromatic N) is 1. The number of hydrogen-bond donors (Lipinski definition) is 1. The Morgan fingerprint density at radius 3 is 2.35 bits per heavy atom. The third-order valence-electron chi connectivity index (χ3n) is 3.24. The first-order valence-corrected chi connectivity index (χ1v) is 7.25. The van der Waals surface area contributed by atoms with Crippen molar-refractivity contribution in [2.45, 2.75) is 33.1 Å². The van der Waals surface area contributed by atoms with Gasteiger partial charge in [0.15, 0.2) is 0 Å². The molecule has 0 unspecified atom stereocenters. The first-order valence-electron chi connectivity index (χ1n) is 7.25. The van der Waals surface area contributed by atoms with Crippen molar-refractivity contribution in [3.63, 3.8) is 0 Å². The smallest absolute Gasteiger partial charge is 0.231 e. The minimum atomic E-state index is -0.185. The van der Waals surface area contributed by atoms with Gasteiger partial charge in [-0.2, -0.15) is 0 Å². The van der Waals surface area contributed by atoms with E-state index >= 15 is 0 Å². The highest BCUT2D eigenvalue weighted by atomic mass is 16.2. The summed E-state index contributed by atoms with van der Waals surface area (Å²) in [4.78, 5) is 25.0. The van der Waals surface area contributed by atoms with Gasteiger partial charge < -0.3 is 10.2 Å². The molecule has 1 aromatic rings. The van der Waals surface area contributed by atoms with Gasteiger partial charge in [0.25, 0.3) is 0 Å². The van der Waals surface area contributed by atoms with E-state index in [2.05, 4.69) is 17.4 Å². The summed E-state index contributed by atoms with van der Waals surface area (Å²) in [5.41, 5.74) is 1.26. The van der Waals surface area contributed by atoms with Crippen molar-refractivity contribution in [3.8, 4) is 0 Å². The van der Waals surface area contributed by atoms with Crippen molar-refractivity contribution in [1.82, 2.24) is 10.2 Å². The van der Waals surface area contributed by atoms with Gasteiger partial charge in [0.1, 0.15) is 6.42 Å². The minimum Gasteiger partial charge on any atom is -0.356 e. The molecule has 0 heterocycles. The lowest BCUT2D eigenvalue weighted by atomic mass is 10.1. The Labute approximate surface area is 121 Å². The second-order valence-corrected chi connectivity index (χ2v) is 4.68. The maximum Gasteiger partial charge on any atom is 0.231 e. The molecule has 1 aromatic carbocycles. The second-order valence-electron chi connectivity index (χ2n) is 4.68. The maximum atomic E-state index is 11.7. The van der Waals surface area contributed by atoms with Crippen LogP contribution < -0.4 is 5.32 Å². The Hall–Kier alpha value is -1.84. The van der Waals surface area contributed by atoms with Gasteiger partial charge in [0, 0.05) is 19.6 Å². The van der Waals surface area contributed by atoms with E-state index in [-0.39, 0.29) is 18.2 Å². The molecule has 0 saturated carbocycles. The molecule has 0 aliphatic carbocycles. The summed E-state index contributed by atoms with van der Waals surface area (Å²) in [6.07, 6.45) is 1.77. The summed E-state index contributed by atoms with van der Waals surface area (Å²) in [5.74, 6) is -0.287. The predicted molar refractivity (Wildman–Crippen MR) is 80.3 cm³/mol. The Morgan fingerprint density at radius 1 is 1.10 bits per heavy atom. The molecule has 20 heavy (non-hydrogen) atoms. The molecule has 0 aromatic heterocycles. The zero-order valence-corrected chi connectivity index (χ0v) is 12.4. The zero-order chi connectivity index (χ0) is 14.8. The summed E-state index contributed by atoms with van der Waals surface area (Å²) in [6.45, 7) is 5.74. The van der Waals surface area contributed by atoms with E-state index in [1.165, 1.54) is 5.56 Å². The molecule has 0 fully saturated rings. The highest BCUT2D eigenvalue weighted by Crippen LogP contribution is 2.01. The number of rotatable bonds is 8. The number of carbonyl (C=O) groups is 2. The summed E-state index contributed by atoms with van der Waals surface area (Å²) in [6, 6.07) is 10.2. The molecular weight excluding hydrogens is 252 g/mol. The van der Waals surface area contributed by atoms with Crippen LogP contribution >= 0.6 is 0 Å². The number of amides is 2. The summed E-state index contributed by atoms with van der Waals surface area (Å²) in [7, 11) is 0. The van der Waals surface area contributed by atoms with Gasteiger partial charge in [0.2, 0.25) is 11.8 Å². The summed E-state index contributed by atoms with van der Waals surface area (Å²) < 4.78 is 0. The molecule has 0 bridgehead atoms. The molecule has 0 aliphatic rings. The number of hydrogen-bond acceptors (Lipinski definition) is 2. The molecule has 0 saturated heterocycles. The number of nitrogens with one attached hydrogen (secondary N) is 1. The van der Waals surface area contributed by atoms with Crippen LogP contribution in [0.4, 0.5) is 0 Å². The maximum absolute atomic E-state index is 11.7. The fourth-order valence-corrected chi connectivity index (χ4v) is 2.05. The van der Waals surface area contributed by atoms with Gasteiger partial charge in [-0.05, 0) is 32.3 Å². The van der Waals surface area contributed by atoms with Crippen molar-refractivity contribution in [1.29, 1.82) is 0 Å². The normalized spacial score (nSPS) is 10.1. The molecule has 1 rings (SSSR count). The van der Waals surface area contributed by atoms with Gasteiger partial charge in [-0.1, -0.05) is 30.3 Å². The second kappa shape index (κ2) is 9.13. The Kier molecular flexibility index (Phi) is 7.40. The largest absolute Gasteiger partial charge is 0.356 e. The molecule has 1 N–H and O–H groups in total. The fourth-order valence-electron chi connectivity index (χ4n) is 2.05. The molecule has 110 valence electrons. The van der Waals surface area contributed by atoms with Crippen molar-refractivity contribution in [2.24, 2.45) is 0 Å². The fraction of sp³-hybridized carbons (Fsp3) is 0.500. The zero-order valence-electron chi connectivity index (χ0n) is 12.4. The third-order valence-corrected chi connectivity index (χ3v) is 3.24. The Bertz CT molecular complexity index is 414. The molecule has 0 aliphatic heterocycles. The number of carbonyl (C=O) groups excluding carboxylic acids is 2. The minimum absolute atomic E-state index is 0.0486. The molecule has 0 spiro atoms.